The molecule has 0 saturated heterocycles. The van der Waals surface area contributed by atoms with Gasteiger partial charge >= 0.3 is 0 Å². The van der Waals surface area contributed by atoms with Gasteiger partial charge in [0.05, 0.1) is 6.10 Å². The second-order valence-electron chi connectivity index (χ2n) is 9.10. The predicted molar refractivity (Wildman–Crippen MR) is 89.4 cm³/mol. The number of hydrogen-bond acceptors (Lipinski definition) is 2. The van der Waals surface area contributed by atoms with E-state index in [-0.39, 0.29) is 11.5 Å². The van der Waals surface area contributed by atoms with E-state index in [0.717, 1.165) is 43.5 Å². The van der Waals surface area contributed by atoms with E-state index >= 15 is 0 Å². The Hall–Kier alpha value is -0.630. The third-order valence-corrected chi connectivity index (χ3v) is 7.74. The molecule has 0 aliphatic heterocycles. The minimum Gasteiger partial charge on any atom is -0.393 e. The molecule has 3 aliphatic carbocycles. The Morgan fingerprint density at radius 1 is 1.23 bits per heavy atom. The lowest BCUT2D eigenvalue weighted by molar-refractivity contribution is -0.154. The number of aldehydes is 1. The Kier molecular flexibility index (Phi) is 4.04. The molecule has 3 rings (SSSR count). The normalized spacial score (nSPS) is 47.7. The molecule has 1 N–H and O–H groups in total. The van der Waals surface area contributed by atoms with Gasteiger partial charge in [-0.1, -0.05) is 33.8 Å². The molecule has 6 unspecified atom stereocenters. The minimum atomic E-state index is -0.161. The molecule has 0 amide bonds. The van der Waals surface area contributed by atoms with E-state index in [0.29, 0.717) is 23.2 Å². The first-order chi connectivity index (χ1) is 10.3. The van der Waals surface area contributed by atoms with E-state index in [9.17, 15) is 9.90 Å². The van der Waals surface area contributed by atoms with Gasteiger partial charge in [0.15, 0.2) is 0 Å². The molecular formula is C20H32O2. The molecule has 124 valence electrons. The van der Waals surface area contributed by atoms with Crippen molar-refractivity contribution in [1.82, 2.24) is 0 Å². The highest BCUT2D eigenvalue weighted by Crippen LogP contribution is 2.63. The Bertz CT molecular complexity index is 478. The van der Waals surface area contributed by atoms with Gasteiger partial charge in [-0.15, -0.1) is 0 Å². The number of carbonyl (C=O) groups excluding carboxylic acids is 1. The van der Waals surface area contributed by atoms with Crippen LogP contribution < -0.4 is 0 Å². The topological polar surface area (TPSA) is 37.3 Å². The third-order valence-electron chi connectivity index (χ3n) is 7.74. The highest BCUT2D eigenvalue weighted by atomic mass is 16.3. The van der Waals surface area contributed by atoms with Gasteiger partial charge in [0.1, 0.15) is 6.29 Å². The smallest absolute Gasteiger partial charge is 0.145 e. The summed E-state index contributed by atoms with van der Waals surface area (Å²) in [6.07, 6.45) is 9.72. The number of fused-ring (bicyclic) bond motifs is 3. The number of aliphatic hydroxyl groups excluding tert-OH is 1. The number of hydrogen-bond donors (Lipinski definition) is 1. The van der Waals surface area contributed by atoms with Crippen molar-refractivity contribution in [3.8, 4) is 0 Å². The fraction of sp³-hybridized carbons (Fsp3) is 0.850. The zero-order chi connectivity index (χ0) is 16.1. The molecule has 2 nitrogen and oxygen atoms in total. The number of rotatable bonds is 1. The van der Waals surface area contributed by atoms with E-state index in [1.165, 1.54) is 12.8 Å². The maximum atomic E-state index is 11.3. The second-order valence-corrected chi connectivity index (χ2v) is 9.10. The molecule has 0 bridgehead atoms. The SMILES string of the molecule is CC1CC(C=O)=CCC2C1CCC1C(C)(C)C(O)CCC21C. The fourth-order valence-electron chi connectivity index (χ4n) is 6.38. The summed E-state index contributed by atoms with van der Waals surface area (Å²) in [5.41, 5.74) is 1.34. The quantitative estimate of drug-likeness (QED) is 0.730. The van der Waals surface area contributed by atoms with Crippen molar-refractivity contribution in [1.29, 1.82) is 0 Å². The zero-order valence-corrected chi connectivity index (χ0v) is 14.6. The van der Waals surface area contributed by atoms with Crippen LogP contribution >= 0.6 is 0 Å². The zero-order valence-electron chi connectivity index (χ0n) is 14.6. The van der Waals surface area contributed by atoms with E-state index < -0.39 is 0 Å². The highest BCUT2D eigenvalue weighted by molar-refractivity contribution is 5.73. The van der Waals surface area contributed by atoms with Gasteiger partial charge in [-0.25, -0.2) is 0 Å². The minimum absolute atomic E-state index is 0.0186. The third kappa shape index (κ3) is 2.29. The second kappa shape index (κ2) is 5.47. The van der Waals surface area contributed by atoms with Crippen LogP contribution in [-0.2, 0) is 4.79 Å². The highest BCUT2D eigenvalue weighted by Gasteiger charge is 2.57. The molecule has 0 spiro atoms. The van der Waals surface area contributed by atoms with Gasteiger partial charge in [0.2, 0.25) is 0 Å². The lowest BCUT2D eigenvalue weighted by Crippen LogP contribution is -2.56. The summed E-state index contributed by atoms with van der Waals surface area (Å²) in [6.45, 7) is 9.36. The van der Waals surface area contributed by atoms with Gasteiger partial charge in [0.25, 0.3) is 0 Å². The van der Waals surface area contributed by atoms with Crippen molar-refractivity contribution in [2.45, 2.75) is 72.3 Å². The van der Waals surface area contributed by atoms with E-state index in [2.05, 4.69) is 33.8 Å². The van der Waals surface area contributed by atoms with E-state index in [1.54, 1.807) is 0 Å². The van der Waals surface area contributed by atoms with Crippen molar-refractivity contribution in [2.75, 3.05) is 0 Å². The first-order valence-electron chi connectivity index (χ1n) is 9.13. The fourth-order valence-corrected chi connectivity index (χ4v) is 6.38. The van der Waals surface area contributed by atoms with Crippen LogP contribution in [-0.4, -0.2) is 17.5 Å². The predicted octanol–water partition coefficient (Wildman–Crippen LogP) is 4.37. The Labute approximate surface area is 135 Å². The first-order valence-corrected chi connectivity index (χ1v) is 9.13. The number of carbonyl (C=O) groups is 1. The van der Waals surface area contributed by atoms with Crippen LogP contribution in [0.15, 0.2) is 11.6 Å². The summed E-state index contributed by atoms with van der Waals surface area (Å²) in [5.74, 6) is 2.62. The molecule has 0 aromatic carbocycles. The van der Waals surface area contributed by atoms with Crippen molar-refractivity contribution in [3.63, 3.8) is 0 Å². The Balaban J connectivity index is 1.96. The van der Waals surface area contributed by atoms with Crippen LogP contribution in [0.3, 0.4) is 0 Å². The molecule has 22 heavy (non-hydrogen) atoms. The van der Waals surface area contributed by atoms with Crippen LogP contribution in [0.25, 0.3) is 0 Å². The van der Waals surface area contributed by atoms with Crippen molar-refractivity contribution < 1.29 is 9.90 Å². The molecule has 2 saturated carbocycles. The van der Waals surface area contributed by atoms with Crippen LogP contribution in [0.2, 0.25) is 0 Å². The molecule has 0 aromatic heterocycles. The van der Waals surface area contributed by atoms with E-state index in [4.69, 9.17) is 0 Å². The van der Waals surface area contributed by atoms with Crippen molar-refractivity contribution >= 4 is 6.29 Å². The Morgan fingerprint density at radius 2 is 1.95 bits per heavy atom. The van der Waals surface area contributed by atoms with Crippen molar-refractivity contribution in [3.05, 3.63) is 11.6 Å². The summed E-state index contributed by atoms with van der Waals surface area (Å²) in [4.78, 5) is 11.3. The average molecular weight is 304 g/mol. The summed E-state index contributed by atoms with van der Waals surface area (Å²) in [5, 5.41) is 10.5. The molecular weight excluding hydrogens is 272 g/mol. The monoisotopic (exact) mass is 304 g/mol. The van der Waals surface area contributed by atoms with Crippen LogP contribution in [0, 0.1) is 34.5 Å². The van der Waals surface area contributed by atoms with Crippen LogP contribution in [0.1, 0.15) is 66.2 Å². The summed E-state index contributed by atoms with van der Waals surface area (Å²) < 4.78 is 0. The van der Waals surface area contributed by atoms with Crippen LogP contribution in [0.4, 0.5) is 0 Å². The summed E-state index contributed by atoms with van der Waals surface area (Å²) >= 11 is 0. The van der Waals surface area contributed by atoms with Gasteiger partial charge in [-0.2, -0.15) is 0 Å². The van der Waals surface area contributed by atoms with Gasteiger partial charge in [0, 0.05) is 0 Å². The van der Waals surface area contributed by atoms with Crippen molar-refractivity contribution in [2.24, 2.45) is 34.5 Å². The lowest BCUT2D eigenvalue weighted by atomic mass is 9.44. The molecule has 0 heterocycles. The molecule has 0 radical (unpaired) electrons. The number of aliphatic hydroxyl groups is 1. The maximum absolute atomic E-state index is 11.3. The largest absolute Gasteiger partial charge is 0.393 e. The van der Waals surface area contributed by atoms with Crippen LogP contribution in [0.5, 0.6) is 0 Å². The number of allylic oxidation sites excluding steroid dienone is 2. The molecule has 2 fully saturated rings. The van der Waals surface area contributed by atoms with Gasteiger partial charge in [-0.05, 0) is 78.6 Å². The molecule has 3 aliphatic rings. The van der Waals surface area contributed by atoms with Gasteiger partial charge in [-0.3, -0.25) is 4.79 Å². The van der Waals surface area contributed by atoms with E-state index in [1.807, 2.05) is 0 Å². The van der Waals surface area contributed by atoms with Gasteiger partial charge < -0.3 is 5.11 Å². The summed E-state index contributed by atoms with van der Waals surface area (Å²) in [6, 6.07) is 0. The molecule has 6 atom stereocenters. The molecule has 0 aromatic rings. The molecule has 2 heteroatoms. The summed E-state index contributed by atoms with van der Waals surface area (Å²) in [7, 11) is 0. The average Bonchev–Trinajstić information content (AvgIpc) is 2.63. The standard InChI is InChI=1S/C20H32O2/c1-13-11-14(12-21)5-7-16-15(13)6-8-17-19(2,3)18(22)9-10-20(16,17)4/h5,12-13,15-18,22H,6-11H2,1-4H3. The Morgan fingerprint density at radius 3 is 2.64 bits per heavy atom. The lowest BCUT2D eigenvalue weighted by Gasteiger charge is -2.61. The first kappa shape index (κ1) is 16.2. The maximum Gasteiger partial charge on any atom is 0.145 e.